The molecule has 0 atom stereocenters. The minimum atomic E-state index is 0.799. The van der Waals surface area contributed by atoms with Crippen molar-refractivity contribution in [2.45, 2.75) is 26.7 Å². The third-order valence-electron chi connectivity index (χ3n) is 3.48. The molecule has 0 amide bonds. The van der Waals surface area contributed by atoms with Gasteiger partial charge in [0.25, 0.3) is 0 Å². The van der Waals surface area contributed by atoms with Crippen molar-refractivity contribution in [3.8, 4) is 0 Å². The van der Waals surface area contributed by atoms with Crippen LogP contribution < -0.4 is 10.2 Å². The number of anilines is 2. The number of nitrogens with one attached hydrogen (secondary N) is 1. The molecule has 1 aromatic carbocycles. The van der Waals surface area contributed by atoms with Gasteiger partial charge < -0.3 is 10.2 Å². The van der Waals surface area contributed by atoms with Gasteiger partial charge in [0.1, 0.15) is 5.82 Å². The van der Waals surface area contributed by atoms with Gasteiger partial charge in [0, 0.05) is 25.8 Å². The molecule has 0 radical (unpaired) electrons. The van der Waals surface area contributed by atoms with Gasteiger partial charge in [0.15, 0.2) is 0 Å². The average molecular weight is 284 g/mol. The van der Waals surface area contributed by atoms with Gasteiger partial charge in [0.05, 0.1) is 0 Å². The summed E-state index contributed by atoms with van der Waals surface area (Å²) in [4.78, 5) is 11.0. The SMILES string of the molecule is CCN(CC)c1nccc(NCCCc2ccccc2)n1. The maximum Gasteiger partial charge on any atom is 0.227 e. The van der Waals surface area contributed by atoms with Crippen LogP contribution in [-0.2, 0) is 6.42 Å². The van der Waals surface area contributed by atoms with Crippen LogP contribution in [0.5, 0.6) is 0 Å². The van der Waals surface area contributed by atoms with Gasteiger partial charge in [-0.15, -0.1) is 0 Å². The van der Waals surface area contributed by atoms with Gasteiger partial charge in [-0.2, -0.15) is 4.98 Å². The molecule has 0 bridgehead atoms. The molecule has 0 aliphatic carbocycles. The Morgan fingerprint density at radius 2 is 1.81 bits per heavy atom. The van der Waals surface area contributed by atoms with Crippen molar-refractivity contribution >= 4 is 11.8 Å². The summed E-state index contributed by atoms with van der Waals surface area (Å²) in [6, 6.07) is 12.5. The lowest BCUT2D eigenvalue weighted by Crippen LogP contribution is -2.24. The Morgan fingerprint density at radius 3 is 2.52 bits per heavy atom. The minimum Gasteiger partial charge on any atom is -0.370 e. The molecule has 2 rings (SSSR count). The predicted molar refractivity (Wildman–Crippen MR) is 88.8 cm³/mol. The molecule has 4 nitrogen and oxygen atoms in total. The van der Waals surface area contributed by atoms with Crippen molar-refractivity contribution in [1.82, 2.24) is 9.97 Å². The van der Waals surface area contributed by atoms with Crippen LogP contribution in [0.3, 0.4) is 0 Å². The van der Waals surface area contributed by atoms with E-state index in [4.69, 9.17) is 0 Å². The summed E-state index contributed by atoms with van der Waals surface area (Å²) in [6.07, 6.45) is 4.00. The molecular weight excluding hydrogens is 260 g/mol. The van der Waals surface area contributed by atoms with Crippen molar-refractivity contribution in [2.75, 3.05) is 29.9 Å². The van der Waals surface area contributed by atoms with Gasteiger partial charge >= 0.3 is 0 Å². The average Bonchev–Trinajstić information content (AvgIpc) is 2.54. The molecule has 0 fully saturated rings. The quantitative estimate of drug-likeness (QED) is 0.755. The van der Waals surface area contributed by atoms with E-state index in [2.05, 4.69) is 64.4 Å². The molecule has 0 saturated heterocycles. The maximum atomic E-state index is 4.56. The van der Waals surface area contributed by atoms with Gasteiger partial charge in [-0.25, -0.2) is 4.98 Å². The van der Waals surface area contributed by atoms with E-state index in [1.165, 1.54) is 5.56 Å². The van der Waals surface area contributed by atoms with Crippen LogP contribution >= 0.6 is 0 Å². The third-order valence-corrected chi connectivity index (χ3v) is 3.48. The molecular formula is C17H24N4. The highest BCUT2D eigenvalue weighted by atomic mass is 15.3. The van der Waals surface area contributed by atoms with Gasteiger partial charge in [-0.05, 0) is 38.3 Å². The van der Waals surface area contributed by atoms with E-state index >= 15 is 0 Å². The molecule has 112 valence electrons. The Labute approximate surface area is 127 Å². The van der Waals surface area contributed by atoms with Gasteiger partial charge in [-0.3, -0.25) is 0 Å². The number of hydrogen-bond donors (Lipinski definition) is 1. The van der Waals surface area contributed by atoms with Crippen molar-refractivity contribution in [3.63, 3.8) is 0 Å². The Hall–Kier alpha value is -2.10. The van der Waals surface area contributed by atoms with Crippen LogP contribution in [0.2, 0.25) is 0 Å². The molecule has 0 aliphatic heterocycles. The Kier molecular flexibility index (Phi) is 6.00. The zero-order chi connectivity index (χ0) is 14.9. The molecule has 0 saturated carbocycles. The Morgan fingerprint density at radius 1 is 1.05 bits per heavy atom. The number of nitrogens with zero attached hydrogens (tertiary/aromatic N) is 3. The van der Waals surface area contributed by atoms with E-state index in [9.17, 15) is 0 Å². The van der Waals surface area contributed by atoms with E-state index in [1.54, 1.807) is 0 Å². The van der Waals surface area contributed by atoms with Crippen LogP contribution in [0.4, 0.5) is 11.8 Å². The molecule has 1 heterocycles. The third kappa shape index (κ3) is 4.74. The molecule has 1 N–H and O–H groups in total. The second kappa shape index (κ2) is 8.25. The number of rotatable bonds is 8. The summed E-state index contributed by atoms with van der Waals surface area (Å²) in [5, 5.41) is 3.38. The van der Waals surface area contributed by atoms with Crippen LogP contribution in [0.1, 0.15) is 25.8 Å². The summed E-state index contributed by atoms with van der Waals surface area (Å²) in [5.41, 5.74) is 1.38. The summed E-state index contributed by atoms with van der Waals surface area (Å²) in [7, 11) is 0. The van der Waals surface area contributed by atoms with Crippen LogP contribution in [0, 0.1) is 0 Å². The van der Waals surface area contributed by atoms with E-state index in [0.717, 1.165) is 44.2 Å². The van der Waals surface area contributed by atoms with Crippen molar-refractivity contribution in [2.24, 2.45) is 0 Å². The van der Waals surface area contributed by atoms with Crippen LogP contribution in [0.25, 0.3) is 0 Å². The molecule has 0 spiro atoms. The van der Waals surface area contributed by atoms with Gasteiger partial charge in [0.2, 0.25) is 5.95 Å². The fourth-order valence-corrected chi connectivity index (χ4v) is 2.26. The van der Waals surface area contributed by atoms with Crippen molar-refractivity contribution in [3.05, 3.63) is 48.2 Å². The highest BCUT2D eigenvalue weighted by molar-refractivity contribution is 5.41. The largest absolute Gasteiger partial charge is 0.370 e. The van der Waals surface area contributed by atoms with E-state index in [0.29, 0.717) is 0 Å². The monoisotopic (exact) mass is 284 g/mol. The van der Waals surface area contributed by atoms with Gasteiger partial charge in [-0.1, -0.05) is 30.3 Å². The molecule has 4 heteroatoms. The first-order chi connectivity index (χ1) is 10.3. The zero-order valence-corrected chi connectivity index (χ0v) is 12.9. The summed E-state index contributed by atoms with van der Waals surface area (Å²) in [5.74, 6) is 1.70. The fourth-order valence-electron chi connectivity index (χ4n) is 2.26. The zero-order valence-electron chi connectivity index (χ0n) is 12.9. The normalized spacial score (nSPS) is 10.4. The lowest BCUT2D eigenvalue weighted by atomic mass is 10.1. The first-order valence-electron chi connectivity index (χ1n) is 7.69. The second-order valence-corrected chi connectivity index (χ2v) is 4.93. The Balaban J connectivity index is 1.82. The summed E-state index contributed by atoms with van der Waals surface area (Å²) in [6.45, 7) is 7.01. The minimum absolute atomic E-state index is 0.799. The van der Waals surface area contributed by atoms with Crippen molar-refractivity contribution in [1.29, 1.82) is 0 Å². The molecule has 0 unspecified atom stereocenters. The van der Waals surface area contributed by atoms with E-state index < -0.39 is 0 Å². The fraction of sp³-hybridized carbons (Fsp3) is 0.412. The molecule has 1 aromatic heterocycles. The van der Waals surface area contributed by atoms with Crippen molar-refractivity contribution < 1.29 is 0 Å². The number of benzene rings is 1. The maximum absolute atomic E-state index is 4.56. The molecule has 2 aromatic rings. The Bertz CT molecular complexity index is 523. The van der Waals surface area contributed by atoms with Crippen LogP contribution in [0.15, 0.2) is 42.6 Å². The van der Waals surface area contributed by atoms with E-state index in [1.807, 2.05) is 12.3 Å². The first-order valence-corrected chi connectivity index (χ1v) is 7.69. The molecule has 0 aliphatic rings. The number of aryl methyl sites for hydroxylation is 1. The topological polar surface area (TPSA) is 41.1 Å². The number of hydrogen-bond acceptors (Lipinski definition) is 4. The van der Waals surface area contributed by atoms with Crippen LogP contribution in [-0.4, -0.2) is 29.6 Å². The summed E-state index contributed by atoms with van der Waals surface area (Å²) >= 11 is 0. The second-order valence-electron chi connectivity index (χ2n) is 4.93. The standard InChI is InChI=1S/C17H24N4/c1-3-21(4-2)17-19-14-12-16(20-17)18-13-8-11-15-9-6-5-7-10-15/h5-7,9-10,12,14H,3-4,8,11,13H2,1-2H3,(H,18,19,20). The highest BCUT2D eigenvalue weighted by Gasteiger charge is 2.05. The predicted octanol–water partition coefficient (Wildman–Crippen LogP) is 3.37. The smallest absolute Gasteiger partial charge is 0.227 e. The first kappa shape index (κ1) is 15.3. The molecule has 21 heavy (non-hydrogen) atoms. The van der Waals surface area contributed by atoms with E-state index in [-0.39, 0.29) is 0 Å². The lowest BCUT2D eigenvalue weighted by Gasteiger charge is -2.18. The highest BCUT2D eigenvalue weighted by Crippen LogP contribution is 2.10. The lowest BCUT2D eigenvalue weighted by molar-refractivity contribution is 0.816. The number of aromatic nitrogens is 2. The summed E-state index contributed by atoms with van der Waals surface area (Å²) < 4.78 is 0.